The molecule has 0 aliphatic heterocycles. The van der Waals surface area contributed by atoms with E-state index in [1.165, 1.54) is 16.7 Å². The molecule has 4 heteroatoms. The maximum atomic E-state index is 5.25. The maximum absolute atomic E-state index is 5.25. The van der Waals surface area contributed by atoms with Gasteiger partial charge in [0.15, 0.2) is 0 Å². The number of ether oxygens (including phenoxy) is 1. The number of hydrazone groups is 1. The fourth-order valence-corrected chi connectivity index (χ4v) is 2.08. The minimum atomic E-state index is 0.586. The number of nitrogens with zero attached hydrogens (tertiary/aromatic N) is 2. The summed E-state index contributed by atoms with van der Waals surface area (Å²) in [6.45, 7) is 10.0. The van der Waals surface area contributed by atoms with Crippen molar-refractivity contribution in [3.05, 3.63) is 53.6 Å². The molecule has 0 unspecified atom stereocenters. The smallest absolute Gasteiger partial charge is 0.208 e. The second kappa shape index (κ2) is 8.15. The van der Waals surface area contributed by atoms with Gasteiger partial charge in [-0.2, -0.15) is 0 Å². The molecule has 4 nitrogen and oxygen atoms in total. The highest BCUT2D eigenvalue weighted by molar-refractivity contribution is 5.73. The largest absolute Gasteiger partial charge is 0.450 e. The first-order chi connectivity index (χ1) is 9.93. The Kier molecular flexibility index (Phi) is 6.53. The first kappa shape index (κ1) is 16.8. The molecule has 0 fully saturated rings. The molecule has 21 heavy (non-hydrogen) atoms. The Morgan fingerprint density at radius 1 is 1.24 bits per heavy atom. The van der Waals surface area contributed by atoms with E-state index in [1.807, 2.05) is 39.4 Å². The van der Waals surface area contributed by atoms with E-state index < -0.39 is 0 Å². The molecule has 0 aliphatic carbocycles. The third-order valence-electron chi connectivity index (χ3n) is 2.87. The molecule has 1 rings (SSSR count). The van der Waals surface area contributed by atoms with E-state index in [9.17, 15) is 0 Å². The lowest BCUT2D eigenvalue weighted by atomic mass is 10.1. The van der Waals surface area contributed by atoms with Gasteiger partial charge in [0.25, 0.3) is 0 Å². The molecule has 0 saturated carbocycles. The van der Waals surface area contributed by atoms with Crippen molar-refractivity contribution in [2.75, 3.05) is 12.4 Å². The van der Waals surface area contributed by atoms with Crippen LogP contribution in [0.2, 0.25) is 0 Å². The van der Waals surface area contributed by atoms with Crippen molar-refractivity contribution in [1.29, 1.82) is 0 Å². The summed E-state index contributed by atoms with van der Waals surface area (Å²) < 4.78 is 5.25. The Labute approximate surface area is 127 Å². The van der Waals surface area contributed by atoms with Gasteiger partial charge in [-0.25, -0.2) is 0 Å². The number of allylic oxidation sites excluding steroid dienone is 1. The molecule has 0 atom stereocenters. The topological polar surface area (TPSA) is 36.9 Å². The van der Waals surface area contributed by atoms with E-state index in [2.05, 4.69) is 43.3 Å². The molecule has 1 aromatic carbocycles. The SMILES string of the molecule is C/C=C/O/C(C)=N\N(C)/C=C\Nc1c(C)cc(C)cc1C. The molecule has 0 saturated heterocycles. The van der Waals surface area contributed by atoms with Crippen molar-refractivity contribution in [1.82, 2.24) is 5.01 Å². The van der Waals surface area contributed by atoms with Gasteiger partial charge in [-0.1, -0.05) is 23.8 Å². The normalized spacial score (nSPS) is 12.2. The second-order valence-electron chi connectivity index (χ2n) is 5.01. The highest BCUT2D eigenvalue weighted by Crippen LogP contribution is 2.21. The van der Waals surface area contributed by atoms with Crippen LogP contribution in [0.1, 0.15) is 30.5 Å². The average molecular weight is 287 g/mol. The van der Waals surface area contributed by atoms with E-state index in [-0.39, 0.29) is 0 Å². The van der Waals surface area contributed by atoms with Crippen molar-refractivity contribution in [2.45, 2.75) is 34.6 Å². The first-order valence-electron chi connectivity index (χ1n) is 7.01. The Hall–Kier alpha value is -2.23. The van der Waals surface area contributed by atoms with Crippen molar-refractivity contribution in [3.63, 3.8) is 0 Å². The first-order valence-corrected chi connectivity index (χ1v) is 7.01. The predicted molar refractivity (Wildman–Crippen MR) is 90.2 cm³/mol. The van der Waals surface area contributed by atoms with Crippen molar-refractivity contribution in [3.8, 4) is 0 Å². The van der Waals surface area contributed by atoms with Crippen LogP contribution in [0.3, 0.4) is 0 Å². The number of hydrogen-bond donors (Lipinski definition) is 1. The van der Waals surface area contributed by atoms with Crippen LogP contribution >= 0.6 is 0 Å². The molecule has 0 spiro atoms. The summed E-state index contributed by atoms with van der Waals surface area (Å²) in [4.78, 5) is 0. The summed E-state index contributed by atoms with van der Waals surface area (Å²) in [6.07, 6.45) is 7.14. The van der Waals surface area contributed by atoms with Gasteiger partial charge in [-0.05, 0) is 38.8 Å². The van der Waals surface area contributed by atoms with Crippen molar-refractivity contribution in [2.24, 2.45) is 5.10 Å². The number of nitrogens with one attached hydrogen (secondary N) is 1. The summed E-state index contributed by atoms with van der Waals surface area (Å²) in [5.41, 5.74) is 4.88. The number of benzene rings is 1. The molecule has 0 radical (unpaired) electrons. The standard InChI is InChI=1S/C17H25N3O/c1-7-10-21-16(5)19-20(6)9-8-18-17-14(3)11-13(2)12-15(17)4/h7-12,18H,1-6H3/b9-8-,10-7+,19-16-. The van der Waals surface area contributed by atoms with E-state index >= 15 is 0 Å². The third kappa shape index (κ3) is 5.73. The summed E-state index contributed by atoms with van der Waals surface area (Å²) in [5, 5.41) is 9.26. The van der Waals surface area contributed by atoms with Crippen LogP contribution in [-0.4, -0.2) is 18.0 Å². The lowest BCUT2D eigenvalue weighted by Crippen LogP contribution is -2.07. The zero-order chi connectivity index (χ0) is 15.8. The third-order valence-corrected chi connectivity index (χ3v) is 2.87. The van der Waals surface area contributed by atoms with Crippen LogP contribution in [-0.2, 0) is 4.74 Å². The predicted octanol–water partition coefficient (Wildman–Crippen LogP) is 4.31. The lowest BCUT2D eigenvalue weighted by Gasteiger charge is -2.12. The maximum Gasteiger partial charge on any atom is 0.208 e. The molecular weight excluding hydrogens is 262 g/mol. The van der Waals surface area contributed by atoms with Gasteiger partial charge in [0.05, 0.1) is 6.26 Å². The summed E-state index contributed by atoms with van der Waals surface area (Å²) in [5.74, 6) is 0.586. The van der Waals surface area contributed by atoms with Crippen molar-refractivity contribution < 1.29 is 4.74 Å². The van der Waals surface area contributed by atoms with Gasteiger partial charge in [-0.3, -0.25) is 5.01 Å². The number of rotatable bonds is 5. The molecule has 0 aliphatic rings. The fraction of sp³-hybridized carbons (Fsp3) is 0.353. The molecule has 0 bridgehead atoms. The Balaban J connectivity index is 2.66. The fourth-order valence-electron chi connectivity index (χ4n) is 2.08. The van der Waals surface area contributed by atoms with Gasteiger partial charge in [0.2, 0.25) is 5.90 Å². The Bertz CT molecular complexity index is 536. The minimum absolute atomic E-state index is 0.586. The summed E-state index contributed by atoms with van der Waals surface area (Å²) >= 11 is 0. The summed E-state index contributed by atoms with van der Waals surface area (Å²) in [7, 11) is 1.86. The Morgan fingerprint density at radius 2 is 1.86 bits per heavy atom. The second-order valence-corrected chi connectivity index (χ2v) is 5.01. The molecule has 0 aromatic heterocycles. The van der Waals surface area contributed by atoms with Crippen LogP contribution in [0.25, 0.3) is 0 Å². The van der Waals surface area contributed by atoms with E-state index in [0.717, 1.165) is 5.69 Å². The lowest BCUT2D eigenvalue weighted by molar-refractivity contribution is 0.416. The highest BCUT2D eigenvalue weighted by Gasteiger charge is 2.01. The summed E-state index contributed by atoms with van der Waals surface area (Å²) in [6, 6.07) is 4.33. The number of hydrogen-bond acceptors (Lipinski definition) is 4. The van der Waals surface area contributed by atoms with Gasteiger partial charge >= 0.3 is 0 Å². The van der Waals surface area contributed by atoms with Gasteiger partial charge in [0, 0.05) is 32.1 Å². The molecule has 0 amide bonds. The van der Waals surface area contributed by atoms with Gasteiger partial charge < -0.3 is 10.1 Å². The van der Waals surface area contributed by atoms with Crippen LogP contribution in [0.4, 0.5) is 5.69 Å². The average Bonchev–Trinajstić information content (AvgIpc) is 2.39. The van der Waals surface area contributed by atoms with Crippen LogP contribution in [0, 0.1) is 20.8 Å². The minimum Gasteiger partial charge on any atom is -0.450 e. The highest BCUT2D eigenvalue weighted by atomic mass is 16.5. The van der Waals surface area contributed by atoms with Crippen molar-refractivity contribution >= 4 is 11.6 Å². The zero-order valence-electron chi connectivity index (χ0n) is 13.8. The monoisotopic (exact) mass is 287 g/mol. The number of aryl methyl sites for hydroxylation is 3. The number of anilines is 1. The van der Waals surface area contributed by atoms with E-state index in [0.29, 0.717) is 5.90 Å². The molecule has 114 valence electrons. The van der Waals surface area contributed by atoms with Gasteiger partial charge in [0.1, 0.15) is 0 Å². The Morgan fingerprint density at radius 3 is 2.43 bits per heavy atom. The van der Waals surface area contributed by atoms with E-state index in [1.54, 1.807) is 11.3 Å². The molecule has 0 heterocycles. The zero-order valence-corrected chi connectivity index (χ0v) is 13.8. The van der Waals surface area contributed by atoms with Gasteiger partial charge in [-0.15, -0.1) is 5.10 Å². The van der Waals surface area contributed by atoms with Crippen LogP contribution in [0.5, 0.6) is 0 Å². The van der Waals surface area contributed by atoms with Crippen LogP contribution < -0.4 is 5.32 Å². The molecule has 1 aromatic rings. The molecule has 1 N–H and O–H groups in total. The van der Waals surface area contributed by atoms with Crippen LogP contribution in [0.15, 0.2) is 42.0 Å². The molecular formula is C17H25N3O. The quantitative estimate of drug-likeness (QED) is 0.379. The van der Waals surface area contributed by atoms with E-state index in [4.69, 9.17) is 4.74 Å².